The van der Waals surface area contributed by atoms with Gasteiger partial charge in [0.05, 0.1) is 46.5 Å². The van der Waals surface area contributed by atoms with Crippen molar-refractivity contribution >= 4 is 34.9 Å². The molecule has 0 amide bonds. The summed E-state index contributed by atoms with van der Waals surface area (Å²) in [6.07, 6.45) is -0.606. The number of aliphatic carboxylic acids is 1. The Balaban J connectivity index is 1.94. The molecule has 214 valence electrons. The van der Waals surface area contributed by atoms with Crippen LogP contribution in [0.15, 0.2) is 11.0 Å². The van der Waals surface area contributed by atoms with Gasteiger partial charge in [0.25, 0.3) is 0 Å². The Kier molecular flexibility index (Phi) is 10.6. The number of aliphatic hydroxyl groups excluding tert-OH is 2. The van der Waals surface area contributed by atoms with Crippen molar-refractivity contribution in [1.82, 2.24) is 4.98 Å². The minimum absolute atomic E-state index is 0.0990. The highest BCUT2D eigenvalue weighted by Gasteiger charge is 2.56. The van der Waals surface area contributed by atoms with Gasteiger partial charge in [-0.15, -0.1) is 11.3 Å². The van der Waals surface area contributed by atoms with Crippen molar-refractivity contribution in [2.75, 3.05) is 0 Å². The molecule has 8 unspecified atom stereocenters. The van der Waals surface area contributed by atoms with E-state index < -0.39 is 53.2 Å². The van der Waals surface area contributed by atoms with E-state index in [9.17, 15) is 24.6 Å². The summed E-state index contributed by atoms with van der Waals surface area (Å²) in [5.74, 6) is -3.82. The molecule has 1 aromatic rings. The molecule has 8 atom stereocenters. The predicted molar refractivity (Wildman–Crippen MR) is 147 cm³/mol. The number of rotatable bonds is 15. The van der Waals surface area contributed by atoms with Crippen molar-refractivity contribution in [3.63, 3.8) is 0 Å². The van der Waals surface area contributed by atoms with E-state index in [2.05, 4.69) is 4.98 Å². The molecule has 0 saturated carbocycles. The van der Waals surface area contributed by atoms with E-state index >= 15 is 0 Å². The minimum Gasteiger partial charge on any atom is -0.481 e. The van der Waals surface area contributed by atoms with E-state index in [1.165, 1.54) is 20.8 Å². The zero-order valence-electron chi connectivity index (χ0n) is 23.7. The maximum absolute atomic E-state index is 13.1. The van der Waals surface area contributed by atoms with E-state index in [1.807, 2.05) is 39.2 Å². The topological polar surface area (TPSA) is 163 Å². The van der Waals surface area contributed by atoms with Crippen LogP contribution in [0.1, 0.15) is 78.4 Å². The van der Waals surface area contributed by atoms with Crippen LogP contribution in [0, 0.1) is 30.1 Å². The molecule has 38 heavy (non-hydrogen) atoms. The summed E-state index contributed by atoms with van der Waals surface area (Å²) in [7, 11) is 0. The van der Waals surface area contributed by atoms with Crippen molar-refractivity contribution in [1.29, 1.82) is 0 Å². The average molecular weight is 553 g/mol. The molecule has 1 aromatic heterocycles. The zero-order chi connectivity index (χ0) is 29.2. The Hall–Kier alpha value is -1.98. The highest BCUT2D eigenvalue weighted by molar-refractivity contribution is 7.09. The first-order valence-corrected chi connectivity index (χ1v) is 14.0. The maximum Gasteiger partial charge on any atom is 0.306 e. The van der Waals surface area contributed by atoms with E-state index in [0.29, 0.717) is 6.42 Å². The number of epoxide rings is 1. The highest BCUT2D eigenvalue weighted by atomic mass is 32.1. The third kappa shape index (κ3) is 7.57. The summed E-state index contributed by atoms with van der Waals surface area (Å²) in [6.45, 7) is 13.8. The molecule has 9 nitrogen and oxygen atoms in total. The third-order valence-corrected chi connectivity index (χ3v) is 9.10. The quantitative estimate of drug-likeness (QED) is 0.239. The van der Waals surface area contributed by atoms with Gasteiger partial charge in [0.2, 0.25) is 0 Å². The number of carboxylic acids is 1. The van der Waals surface area contributed by atoms with Crippen molar-refractivity contribution in [2.45, 2.75) is 105 Å². The maximum atomic E-state index is 13.1. The molecule has 0 spiro atoms. The van der Waals surface area contributed by atoms with Crippen LogP contribution in [0.5, 0.6) is 0 Å². The van der Waals surface area contributed by atoms with Gasteiger partial charge < -0.3 is 25.8 Å². The summed E-state index contributed by atoms with van der Waals surface area (Å²) in [4.78, 5) is 41.5. The summed E-state index contributed by atoms with van der Waals surface area (Å²) in [6, 6.07) is -0.209. The summed E-state index contributed by atoms with van der Waals surface area (Å²) in [5, 5.41) is 33.0. The number of aromatic nitrogens is 1. The largest absolute Gasteiger partial charge is 0.481 e. The van der Waals surface area contributed by atoms with Gasteiger partial charge in [0.1, 0.15) is 11.6 Å². The number of carbonyl (C=O) groups is 3. The van der Waals surface area contributed by atoms with Crippen molar-refractivity contribution in [3.05, 3.63) is 21.7 Å². The molecule has 1 aliphatic rings. The lowest BCUT2D eigenvalue weighted by atomic mass is 9.72. The van der Waals surface area contributed by atoms with Crippen LogP contribution in [0.2, 0.25) is 0 Å². The number of carboxylic acid groups (broad SMARTS) is 1. The highest BCUT2D eigenvalue weighted by Crippen LogP contribution is 2.47. The number of ether oxygens (including phenoxy) is 1. The average Bonchev–Trinajstić information content (AvgIpc) is 3.31. The van der Waals surface area contributed by atoms with Gasteiger partial charge in [-0.05, 0) is 39.2 Å². The van der Waals surface area contributed by atoms with Gasteiger partial charge in [-0.2, -0.15) is 0 Å². The molecule has 0 radical (unpaired) electrons. The van der Waals surface area contributed by atoms with E-state index in [-0.39, 0.29) is 30.3 Å². The third-order valence-electron chi connectivity index (χ3n) is 8.31. The second-order valence-corrected chi connectivity index (χ2v) is 12.7. The van der Waals surface area contributed by atoms with Crippen LogP contribution in [0.3, 0.4) is 0 Å². The molecule has 2 rings (SSSR count). The van der Waals surface area contributed by atoms with Crippen molar-refractivity contribution in [3.8, 4) is 0 Å². The lowest BCUT2D eigenvalue weighted by Gasteiger charge is -2.34. The molecule has 1 aliphatic heterocycles. The fraction of sp³-hybridized carbons (Fsp3) is 0.714. The number of hydrogen-bond donors (Lipinski definition) is 4. The van der Waals surface area contributed by atoms with Crippen LogP contribution in [-0.2, 0) is 19.1 Å². The number of Topliss-reactive ketones (excluding diaryl/α,β-unsaturated/α-hetero) is 2. The summed E-state index contributed by atoms with van der Waals surface area (Å²) < 4.78 is 6.01. The van der Waals surface area contributed by atoms with Crippen molar-refractivity contribution in [2.24, 2.45) is 28.9 Å². The van der Waals surface area contributed by atoms with Gasteiger partial charge in [-0.3, -0.25) is 14.4 Å². The van der Waals surface area contributed by atoms with Crippen LogP contribution in [-0.4, -0.2) is 67.8 Å². The number of hydrogen-bond acceptors (Lipinski definition) is 9. The standard InChI is InChI=1S/C28H44N2O7S/c1-14(9-19-13-38-18(5)30-19)20(29)11-23-28(8,37-23)15(2)10-21(31)16(3)25(35)17(4)26(36)27(6,7)22(32)12-24(33)34/h9,13,15-17,20,22-23,25,32,35H,10-12,29H2,1-8H3,(H,33,34)/b14-9+. The van der Waals surface area contributed by atoms with Gasteiger partial charge in [-0.1, -0.05) is 40.2 Å². The Morgan fingerprint density at radius 2 is 1.82 bits per heavy atom. The first-order valence-electron chi connectivity index (χ1n) is 13.1. The van der Waals surface area contributed by atoms with Gasteiger partial charge in [0.15, 0.2) is 0 Å². The Morgan fingerprint density at radius 1 is 1.21 bits per heavy atom. The predicted octanol–water partition coefficient (Wildman–Crippen LogP) is 3.39. The molecule has 1 saturated heterocycles. The van der Waals surface area contributed by atoms with Gasteiger partial charge in [-0.25, -0.2) is 4.98 Å². The normalized spacial score (nSPS) is 24.7. The second kappa shape index (κ2) is 12.5. The Bertz CT molecular complexity index is 1050. The monoisotopic (exact) mass is 552 g/mol. The minimum atomic E-state index is -1.41. The van der Waals surface area contributed by atoms with E-state index in [0.717, 1.165) is 16.3 Å². The molecule has 2 heterocycles. The molecule has 10 heteroatoms. The van der Waals surface area contributed by atoms with E-state index in [4.69, 9.17) is 15.6 Å². The van der Waals surface area contributed by atoms with E-state index in [1.54, 1.807) is 18.3 Å². The number of carbonyl (C=O) groups excluding carboxylic acids is 2. The SMILES string of the molecule is C/C(=C\c1csc(C)n1)C(N)CC1OC1(C)C(C)CC(=O)C(C)C(O)C(C)C(=O)C(C)(C)C(O)CC(=O)O. The number of aryl methyl sites for hydroxylation is 1. The van der Waals surface area contributed by atoms with Crippen LogP contribution in [0.25, 0.3) is 6.08 Å². The number of nitrogens with two attached hydrogens (primary N) is 1. The van der Waals surface area contributed by atoms with Crippen LogP contribution < -0.4 is 5.73 Å². The molecular weight excluding hydrogens is 508 g/mol. The summed E-state index contributed by atoms with van der Waals surface area (Å²) in [5.41, 5.74) is 6.40. The lowest BCUT2D eigenvalue weighted by Crippen LogP contribution is -2.46. The first kappa shape index (κ1) is 32.2. The fourth-order valence-corrected chi connectivity index (χ4v) is 5.40. The molecule has 5 N–H and O–H groups in total. The van der Waals surface area contributed by atoms with Crippen LogP contribution in [0.4, 0.5) is 0 Å². The molecular formula is C28H44N2O7S. The van der Waals surface area contributed by atoms with Gasteiger partial charge >= 0.3 is 5.97 Å². The van der Waals surface area contributed by atoms with Crippen LogP contribution >= 0.6 is 11.3 Å². The number of thiazole rings is 1. The van der Waals surface area contributed by atoms with Gasteiger partial charge in [0, 0.05) is 29.7 Å². The molecule has 1 fully saturated rings. The second-order valence-electron chi connectivity index (χ2n) is 11.7. The number of nitrogens with zero attached hydrogens (tertiary/aromatic N) is 1. The number of ketones is 2. The molecule has 0 aliphatic carbocycles. The zero-order valence-corrected chi connectivity index (χ0v) is 24.5. The Morgan fingerprint density at radius 3 is 2.34 bits per heavy atom. The smallest absolute Gasteiger partial charge is 0.306 e. The molecule has 0 bridgehead atoms. The Labute approximate surface area is 229 Å². The molecule has 0 aromatic carbocycles. The fourth-order valence-electron chi connectivity index (χ4n) is 4.83. The number of aliphatic hydroxyl groups is 2. The lowest BCUT2D eigenvalue weighted by molar-refractivity contribution is -0.147. The van der Waals surface area contributed by atoms with Crippen molar-refractivity contribution < 1.29 is 34.4 Å². The first-order chi connectivity index (χ1) is 17.4. The summed E-state index contributed by atoms with van der Waals surface area (Å²) >= 11 is 1.58.